The maximum atomic E-state index is 5.72. The van der Waals surface area contributed by atoms with Crippen molar-refractivity contribution >= 4 is 10.9 Å². The Morgan fingerprint density at radius 3 is 2.65 bits per heavy atom. The number of nitrogens with zero attached hydrogens (tertiary/aromatic N) is 4. The molecule has 0 N–H and O–H groups in total. The zero-order chi connectivity index (χ0) is 18.5. The van der Waals surface area contributed by atoms with E-state index in [0.717, 1.165) is 36.0 Å². The molecule has 0 bridgehead atoms. The molecule has 2 aromatic heterocycles. The molecule has 1 aliphatic rings. The Kier molecular flexibility index (Phi) is 6.41. The molecule has 5 nitrogen and oxygen atoms in total. The van der Waals surface area contributed by atoms with E-state index in [4.69, 9.17) is 9.72 Å². The lowest BCUT2D eigenvalue weighted by Crippen LogP contribution is -2.31. The highest BCUT2D eigenvalue weighted by Crippen LogP contribution is 2.29. The highest BCUT2D eigenvalue weighted by atomic mass is 16.5. The first-order valence-electron chi connectivity index (χ1n) is 10.1. The number of aromatic nitrogens is 3. The molecule has 0 aliphatic carbocycles. The Morgan fingerprint density at radius 2 is 1.96 bits per heavy atom. The van der Waals surface area contributed by atoms with Gasteiger partial charge in [-0.2, -0.15) is 0 Å². The number of likely N-dealkylation sites (tertiary alicyclic amines) is 1. The van der Waals surface area contributed by atoms with Crippen LogP contribution in [0.3, 0.4) is 0 Å². The second-order valence-electron chi connectivity index (χ2n) is 7.74. The number of ether oxygens (including phenoxy) is 1. The molecule has 2 aromatic rings. The van der Waals surface area contributed by atoms with Crippen molar-refractivity contribution in [2.24, 2.45) is 11.8 Å². The Hall–Kier alpha value is -1.75. The smallest absolute Gasteiger partial charge is 0.224 e. The van der Waals surface area contributed by atoms with Crippen LogP contribution in [-0.2, 0) is 12.8 Å². The summed E-state index contributed by atoms with van der Waals surface area (Å²) >= 11 is 0. The molecule has 5 heteroatoms. The van der Waals surface area contributed by atoms with Crippen LogP contribution in [0.5, 0.6) is 5.88 Å². The predicted octanol–water partition coefficient (Wildman–Crippen LogP) is 3.90. The summed E-state index contributed by atoms with van der Waals surface area (Å²) in [5.74, 6) is 2.90. The van der Waals surface area contributed by atoms with Gasteiger partial charge in [0.1, 0.15) is 5.82 Å². The Bertz CT molecular complexity index is 725. The molecule has 0 aromatic carbocycles. The molecule has 0 amide bonds. The molecule has 0 radical (unpaired) electrons. The summed E-state index contributed by atoms with van der Waals surface area (Å²) in [5.41, 5.74) is 2.28. The molecule has 3 heterocycles. The number of hydrogen-bond donors (Lipinski definition) is 0. The minimum atomic E-state index is 0.595. The molecule has 1 saturated heterocycles. The van der Waals surface area contributed by atoms with Gasteiger partial charge in [0.15, 0.2) is 0 Å². The van der Waals surface area contributed by atoms with Crippen LogP contribution in [0.4, 0.5) is 0 Å². The van der Waals surface area contributed by atoms with Crippen molar-refractivity contribution in [1.82, 2.24) is 19.9 Å². The van der Waals surface area contributed by atoms with Crippen LogP contribution in [-0.4, -0.2) is 46.6 Å². The normalized spacial score (nSPS) is 17.5. The van der Waals surface area contributed by atoms with Gasteiger partial charge in [-0.3, -0.25) is 0 Å². The average Bonchev–Trinajstić information content (AvgIpc) is 2.65. The third-order valence-electron chi connectivity index (χ3n) is 5.57. The fraction of sp³-hybridized carbons (Fsp3) is 0.667. The summed E-state index contributed by atoms with van der Waals surface area (Å²) in [6.07, 6.45) is 9.49. The van der Waals surface area contributed by atoms with Crippen LogP contribution in [0, 0.1) is 11.8 Å². The first-order valence-corrected chi connectivity index (χ1v) is 10.1. The van der Waals surface area contributed by atoms with E-state index in [2.05, 4.69) is 35.8 Å². The zero-order valence-electron chi connectivity index (χ0n) is 16.7. The van der Waals surface area contributed by atoms with E-state index in [9.17, 15) is 0 Å². The molecular weight excluding hydrogens is 324 g/mol. The number of rotatable bonds is 7. The minimum Gasteiger partial charge on any atom is -0.477 e. The SMILES string of the molecule is CCOc1ncc(CC2CCN(C)CC2)c2nc(C[C@@H](C)CC)ncc12. The van der Waals surface area contributed by atoms with Crippen LogP contribution in [0.25, 0.3) is 10.9 Å². The quantitative estimate of drug-likeness (QED) is 0.753. The van der Waals surface area contributed by atoms with Gasteiger partial charge in [0.05, 0.1) is 17.5 Å². The van der Waals surface area contributed by atoms with E-state index in [1.54, 1.807) is 0 Å². The number of fused-ring (bicyclic) bond motifs is 1. The van der Waals surface area contributed by atoms with Crippen LogP contribution in [0.15, 0.2) is 12.4 Å². The number of pyridine rings is 1. The van der Waals surface area contributed by atoms with E-state index >= 15 is 0 Å². The summed E-state index contributed by atoms with van der Waals surface area (Å²) in [5, 5.41) is 0.949. The molecule has 0 unspecified atom stereocenters. The van der Waals surface area contributed by atoms with Crippen LogP contribution >= 0.6 is 0 Å². The number of piperidine rings is 1. The first kappa shape index (κ1) is 19.0. The summed E-state index contributed by atoms with van der Waals surface area (Å²) in [6.45, 7) is 9.42. The molecule has 0 saturated carbocycles. The highest BCUT2D eigenvalue weighted by Gasteiger charge is 2.20. The Balaban J connectivity index is 1.92. The molecule has 3 rings (SSSR count). The third-order valence-corrected chi connectivity index (χ3v) is 5.57. The Morgan fingerprint density at radius 1 is 1.19 bits per heavy atom. The van der Waals surface area contributed by atoms with Crippen LogP contribution in [0.1, 0.15) is 51.4 Å². The maximum absolute atomic E-state index is 5.72. The lowest BCUT2D eigenvalue weighted by atomic mass is 9.90. The van der Waals surface area contributed by atoms with Crippen molar-refractivity contribution in [2.75, 3.05) is 26.7 Å². The topological polar surface area (TPSA) is 51.1 Å². The van der Waals surface area contributed by atoms with Crippen molar-refractivity contribution in [3.8, 4) is 5.88 Å². The van der Waals surface area contributed by atoms with Gasteiger partial charge in [-0.1, -0.05) is 20.3 Å². The summed E-state index contributed by atoms with van der Waals surface area (Å²) in [7, 11) is 2.21. The lowest BCUT2D eigenvalue weighted by molar-refractivity contribution is 0.219. The Labute approximate surface area is 157 Å². The largest absolute Gasteiger partial charge is 0.477 e. The molecule has 1 fully saturated rings. The van der Waals surface area contributed by atoms with E-state index < -0.39 is 0 Å². The van der Waals surface area contributed by atoms with Gasteiger partial charge in [0.2, 0.25) is 5.88 Å². The van der Waals surface area contributed by atoms with Gasteiger partial charge < -0.3 is 9.64 Å². The van der Waals surface area contributed by atoms with Crippen molar-refractivity contribution in [3.63, 3.8) is 0 Å². The fourth-order valence-electron chi connectivity index (χ4n) is 3.62. The minimum absolute atomic E-state index is 0.595. The molecule has 0 spiro atoms. The van der Waals surface area contributed by atoms with Gasteiger partial charge in [-0.15, -0.1) is 0 Å². The standard InChI is InChI=1S/C21H32N4O/c1-5-15(3)11-19-22-14-18-20(24-19)17(13-23-21(18)26-6-2)12-16-7-9-25(4)10-8-16/h13-16H,5-12H2,1-4H3/t15-/m0/s1. The van der Waals surface area contributed by atoms with Crippen molar-refractivity contribution in [3.05, 3.63) is 23.8 Å². The molecule has 26 heavy (non-hydrogen) atoms. The molecule has 1 aliphatic heterocycles. The second kappa shape index (κ2) is 8.76. The molecule has 1 atom stereocenters. The van der Waals surface area contributed by atoms with Gasteiger partial charge in [0, 0.05) is 18.8 Å². The third kappa shape index (κ3) is 4.50. The average molecular weight is 357 g/mol. The summed E-state index contributed by atoms with van der Waals surface area (Å²) in [4.78, 5) is 16.5. The second-order valence-corrected chi connectivity index (χ2v) is 7.74. The monoisotopic (exact) mass is 356 g/mol. The van der Waals surface area contributed by atoms with Gasteiger partial charge in [0.25, 0.3) is 0 Å². The van der Waals surface area contributed by atoms with Crippen LogP contribution in [0.2, 0.25) is 0 Å². The van der Waals surface area contributed by atoms with E-state index in [1.165, 1.54) is 31.5 Å². The maximum Gasteiger partial charge on any atom is 0.224 e. The van der Waals surface area contributed by atoms with E-state index in [0.29, 0.717) is 24.3 Å². The van der Waals surface area contributed by atoms with Gasteiger partial charge in [-0.05, 0) is 63.7 Å². The van der Waals surface area contributed by atoms with Gasteiger partial charge in [-0.25, -0.2) is 15.0 Å². The highest BCUT2D eigenvalue weighted by molar-refractivity contribution is 5.85. The van der Waals surface area contributed by atoms with Crippen molar-refractivity contribution in [1.29, 1.82) is 0 Å². The number of hydrogen-bond acceptors (Lipinski definition) is 5. The predicted molar refractivity (Wildman–Crippen MR) is 106 cm³/mol. The van der Waals surface area contributed by atoms with E-state index in [1.807, 2.05) is 19.3 Å². The first-order chi connectivity index (χ1) is 12.6. The van der Waals surface area contributed by atoms with Crippen molar-refractivity contribution < 1.29 is 4.74 Å². The van der Waals surface area contributed by atoms with Gasteiger partial charge >= 0.3 is 0 Å². The fourth-order valence-corrected chi connectivity index (χ4v) is 3.62. The summed E-state index contributed by atoms with van der Waals surface area (Å²) < 4.78 is 5.72. The zero-order valence-corrected chi connectivity index (χ0v) is 16.7. The summed E-state index contributed by atoms with van der Waals surface area (Å²) in [6, 6.07) is 0. The lowest BCUT2D eigenvalue weighted by Gasteiger charge is -2.29. The van der Waals surface area contributed by atoms with Crippen LogP contribution < -0.4 is 4.74 Å². The molecular formula is C21H32N4O. The molecule has 142 valence electrons. The van der Waals surface area contributed by atoms with Crippen molar-refractivity contribution in [2.45, 2.75) is 52.9 Å². The van der Waals surface area contributed by atoms with E-state index in [-0.39, 0.29) is 0 Å².